The molecule has 0 saturated heterocycles. The van der Waals surface area contributed by atoms with Gasteiger partial charge in [0, 0.05) is 18.4 Å². The van der Waals surface area contributed by atoms with E-state index in [0.29, 0.717) is 16.6 Å². The van der Waals surface area contributed by atoms with Gasteiger partial charge in [-0.25, -0.2) is 0 Å². The molecular formula is C17H15N3O3S. The quantitative estimate of drug-likeness (QED) is 0.668. The van der Waals surface area contributed by atoms with Gasteiger partial charge in [0.1, 0.15) is 0 Å². The number of ketones is 1. The molecule has 0 radical (unpaired) electrons. The molecule has 0 aliphatic carbocycles. The molecule has 0 unspecified atom stereocenters. The molecular weight excluding hydrogens is 326 g/mol. The van der Waals surface area contributed by atoms with Gasteiger partial charge in [-0.2, -0.15) is 4.98 Å². The van der Waals surface area contributed by atoms with Gasteiger partial charge in [-0.3, -0.25) is 9.59 Å². The molecule has 2 heterocycles. The number of carbonyl (C=O) groups is 2. The number of hydrogen-bond acceptors (Lipinski definition) is 6. The molecule has 2 aromatic heterocycles. The number of thiophene rings is 1. The van der Waals surface area contributed by atoms with Crippen LogP contribution in [0.25, 0.3) is 11.4 Å². The Bertz CT molecular complexity index is 813. The molecule has 0 aliphatic heterocycles. The molecule has 24 heavy (non-hydrogen) atoms. The number of amides is 1. The van der Waals surface area contributed by atoms with E-state index in [1.165, 1.54) is 11.3 Å². The number of rotatable bonds is 7. The fourth-order valence-electron chi connectivity index (χ4n) is 2.08. The summed E-state index contributed by atoms with van der Waals surface area (Å²) in [6.07, 6.45) is 0.321. The number of hydrogen-bond donors (Lipinski definition) is 1. The molecule has 1 aromatic carbocycles. The van der Waals surface area contributed by atoms with Crippen LogP contribution < -0.4 is 5.32 Å². The van der Waals surface area contributed by atoms with E-state index in [1.54, 1.807) is 6.07 Å². The minimum Gasteiger partial charge on any atom is -0.347 e. The van der Waals surface area contributed by atoms with Crippen LogP contribution >= 0.6 is 11.3 Å². The first-order valence-electron chi connectivity index (χ1n) is 7.44. The largest absolute Gasteiger partial charge is 0.347 e. The monoisotopic (exact) mass is 341 g/mol. The van der Waals surface area contributed by atoms with Gasteiger partial charge < -0.3 is 9.84 Å². The van der Waals surface area contributed by atoms with Crippen LogP contribution in [-0.2, 0) is 11.3 Å². The topological polar surface area (TPSA) is 85.1 Å². The van der Waals surface area contributed by atoms with E-state index >= 15 is 0 Å². The highest BCUT2D eigenvalue weighted by atomic mass is 32.1. The molecule has 1 N–H and O–H groups in total. The highest BCUT2D eigenvalue weighted by Crippen LogP contribution is 2.15. The molecule has 3 aromatic rings. The Kier molecular flexibility index (Phi) is 5.12. The lowest BCUT2D eigenvalue weighted by Crippen LogP contribution is -2.23. The van der Waals surface area contributed by atoms with Crippen molar-refractivity contribution < 1.29 is 14.1 Å². The van der Waals surface area contributed by atoms with Gasteiger partial charge in [-0.1, -0.05) is 41.6 Å². The van der Waals surface area contributed by atoms with Crippen molar-refractivity contribution in [2.45, 2.75) is 19.4 Å². The zero-order chi connectivity index (χ0) is 16.8. The third-order valence-electron chi connectivity index (χ3n) is 3.31. The summed E-state index contributed by atoms with van der Waals surface area (Å²) in [4.78, 5) is 28.6. The maximum atomic E-state index is 11.8. The normalized spacial score (nSPS) is 10.5. The second-order valence-electron chi connectivity index (χ2n) is 5.05. The Hall–Kier alpha value is -2.80. The van der Waals surface area contributed by atoms with E-state index in [4.69, 9.17) is 4.52 Å². The summed E-state index contributed by atoms with van der Waals surface area (Å²) in [5.41, 5.74) is 0.848. The predicted molar refractivity (Wildman–Crippen MR) is 89.5 cm³/mol. The summed E-state index contributed by atoms with van der Waals surface area (Å²) in [6, 6.07) is 13.0. The lowest BCUT2D eigenvalue weighted by atomic mass is 10.2. The van der Waals surface area contributed by atoms with E-state index in [-0.39, 0.29) is 31.1 Å². The Morgan fingerprint density at radius 1 is 1.08 bits per heavy atom. The fraction of sp³-hybridized carbons (Fsp3) is 0.176. The predicted octanol–water partition coefficient (Wildman–Crippen LogP) is 3.08. The number of aromatic nitrogens is 2. The van der Waals surface area contributed by atoms with E-state index in [1.807, 2.05) is 41.8 Å². The molecule has 0 bridgehead atoms. The van der Waals surface area contributed by atoms with Gasteiger partial charge in [0.05, 0.1) is 11.4 Å². The van der Waals surface area contributed by atoms with E-state index in [0.717, 1.165) is 5.56 Å². The van der Waals surface area contributed by atoms with Crippen molar-refractivity contribution in [1.29, 1.82) is 0 Å². The van der Waals surface area contributed by atoms with Gasteiger partial charge in [0.2, 0.25) is 17.6 Å². The zero-order valence-electron chi connectivity index (χ0n) is 12.8. The third-order valence-corrected chi connectivity index (χ3v) is 4.22. The van der Waals surface area contributed by atoms with Crippen molar-refractivity contribution >= 4 is 23.0 Å². The van der Waals surface area contributed by atoms with Gasteiger partial charge in [0.25, 0.3) is 0 Å². The summed E-state index contributed by atoms with van der Waals surface area (Å²) in [7, 11) is 0. The maximum absolute atomic E-state index is 11.8. The van der Waals surface area contributed by atoms with E-state index in [9.17, 15) is 9.59 Å². The Balaban J connectivity index is 1.46. The number of benzene rings is 1. The van der Waals surface area contributed by atoms with Crippen LogP contribution in [0.2, 0.25) is 0 Å². The van der Waals surface area contributed by atoms with Crippen LogP contribution in [0.4, 0.5) is 0 Å². The van der Waals surface area contributed by atoms with Crippen molar-refractivity contribution in [2.75, 3.05) is 0 Å². The summed E-state index contributed by atoms with van der Waals surface area (Å²) in [6.45, 7) is 0.145. The van der Waals surface area contributed by atoms with E-state index in [2.05, 4.69) is 15.5 Å². The second-order valence-corrected chi connectivity index (χ2v) is 6.00. The molecule has 0 spiro atoms. The van der Waals surface area contributed by atoms with E-state index < -0.39 is 0 Å². The van der Waals surface area contributed by atoms with Crippen LogP contribution in [0.5, 0.6) is 0 Å². The Morgan fingerprint density at radius 3 is 2.67 bits per heavy atom. The Morgan fingerprint density at radius 2 is 1.92 bits per heavy atom. The average molecular weight is 341 g/mol. The Labute approximate surface area is 142 Å². The lowest BCUT2D eigenvalue weighted by molar-refractivity contribution is -0.121. The second kappa shape index (κ2) is 7.65. The van der Waals surface area contributed by atoms with Crippen LogP contribution in [0.1, 0.15) is 28.4 Å². The van der Waals surface area contributed by atoms with Crippen molar-refractivity contribution in [3.63, 3.8) is 0 Å². The van der Waals surface area contributed by atoms with Gasteiger partial charge >= 0.3 is 0 Å². The minimum atomic E-state index is -0.223. The summed E-state index contributed by atoms with van der Waals surface area (Å²) in [5, 5.41) is 8.40. The lowest BCUT2D eigenvalue weighted by Gasteiger charge is -2.01. The van der Waals surface area contributed by atoms with Crippen molar-refractivity contribution in [3.8, 4) is 11.4 Å². The molecule has 122 valence electrons. The third kappa shape index (κ3) is 4.14. The first kappa shape index (κ1) is 16.1. The van der Waals surface area contributed by atoms with Crippen molar-refractivity contribution in [3.05, 3.63) is 58.6 Å². The average Bonchev–Trinajstić information content (AvgIpc) is 3.30. The standard InChI is InChI=1S/C17H15N3O3S/c21-13(14-7-4-10-24-14)8-9-15(22)18-11-16-19-17(20-23-16)12-5-2-1-3-6-12/h1-7,10H,8-9,11H2,(H,18,22). The van der Waals surface area contributed by atoms with Crippen molar-refractivity contribution in [2.24, 2.45) is 0 Å². The van der Waals surface area contributed by atoms with Gasteiger partial charge in [-0.15, -0.1) is 11.3 Å². The van der Waals surface area contributed by atoms with Crippen LogP contribution in [-0.4, -0.2) is 21.8 Å². The molecule has 6 nitrogen and oxygen atoms in total. The first-order valence-corrected chi connectivity index (χ1v) is 8.32. The first-order chi connectivity index (χ1) is 11.7. The molecule has 7 heteroatoms. The molecule has 0 atom stereocenters. The summed E-state index contributed by atoms with van der Waals surface area (Å²) < 4.78 is 5.11. The number of carbonyl (C=O) groups excluding carboxylic acids is 2. The molecule has 0 aliphatic rings. The summed E-state index contributed by atoms with van der Waals surface area (Å²) in [5.74, 6) is 0.558. The maximum Gasteiger partial charge on any atom is 0.246 e. The van der Waals surface area contributed by atoms with Crippen LogP contribution in [0.3, 0.4) is 0 Å². The highest BCUT2D eigenvalue weighted by Gasteiger charge is 2.12. The van der Waals surface area contributed by atoms with Gasteiger partial charge in [0.15, 0.2) is 5.78 Å². The number of nitrogens with one attached hydrogen (secondary N) is 1. The SMILES string of the molecule is O=C(CCC(=O)c1cccs1)NCc1nc(-c2ccccc2)no1. The zero-order valence-corrected chi connectivity index (χ0v) is 13.6. The molecule has 0 saturated carbocycles. The minimum absolute atomic E-state index is 0.0238. The number of nitrogens with zero attached hydrogens (tertiary/aromatic N) is 2. The van der Waals surface area contributed by atoms with Gasteiger partial charge in [-0.05, 0) is 11.4 Å². The molecule has 3 rings (SSSR count). The molecule has 0 fully saturated rings. The number of Topliss-reactive ketones (excluding diaryl/α,β-unsaturated/α-hetero) is 1. The van der Waals surface area contributed by atoms with Crippen LogP contribution in [0, 0.1) is 0 Å². The van der Waals surface area contributed by atoms with Crippen molar-refractivity contribution in [1.82, 2.24) is 15.5 Å². The smallest absolute Gasteiger partial charge is 0.246 e. The van der Waals surface area contributed by atoms with Crippen LogP contribution in [0.15, 0.2) is 52.4 Å². The highest BCUT2D eigenvalue weighted by molar-refractivity contribution is 7.12. The molecule has 1 amide bonds. The fourth-order valence-corrected chi connectivity index (χ4v) is 2.78. The summed E-state index contributed by atoms with van der Waals surface area (Å²) >= 11 is 1.38.